The highest BCUT2D eigenvalue weighted by molar-refractivity contribution is 5.80. The van der Waals surface area contributed by atoms with Gasteiger partial charge in [0.2, 0.25) is 11.8 Å². The molecule has 0 unspecified atom stereocenters. The van der Waals surface area contributed by atoms with Gasteiger partial charge in [0.1, 0.15) is 5.52 Å². The van der Waals surface area contributed by atoms with Crippen molar-refractivity contribution in [1.82, 2.24) is 19.3 Å². The minimum Gasteiger partial charge on any atom is -0.479 e. The Labute approximate surface area is 210 Å². The minimum atomic E-state index is -0.661. The summed E-state index contributed by atoms with van der Waals surface area (Å²) in [6.45, 7) is 7.75. The van der Waals surface area contributed by atoms with Gasteiger partial charge in [0.05, 0.1) is 49.3 Å². The molecule has 0 N–H and O–H groups in total. The van der Waals surface area contributed by atoms with Gasteiger partial charge < -0.3 is 14.4 Å². The molecular weight excluding hydrogens is 459 g/mol. The summed E-state index contributed by atoms with van der Waals surface area (Å²) in [5.41, 5.74) is 3.75. The summed E-state index contributed by atoms with van der Waals surface area (Å²) in [6, 6.07) is 9.21. The number of allylic oxidation sites excluding steroid dienone is 3. The lowest BCUT2D eigenvalue weighted by atomic mass is 10.00. The van der Waals surface area contributed by atoms with Crippen LogP contribution in [0, 0.1) is 17.2 Å². The van der Waals surface area contributed by atoms with Crippen LogP contribution in [0.15, 0.2) is 59.6 Å². The number of aromatic nitrogens is 3. The molecule has 1 aromatic carbocycles. The van der Waals surface area contributed by atoms with E-state index in [9.17, 15) is 9.65 Å². The highest BCUT2D eigenvalue weighted by atomic mass is 19.1. The minimum absolute atomic E-state index is 0.207. The highest BCUT2D eigenvalue weighted by Gasteiger charge is 2.22. The molecule has 1 saturated heterocycles. The summed E-state index contributed by atoms with van der Waals surface area (Å²) in [4.78, 5) is 15.1. The molecule has 8 nitrogen and oxygen atoms in total. The Bertz CT molecular complexity index is 1350. The standard InChI is InChI=1S/C27H29FN6O2/c1-18(12-22(28)26(30-2)35-4)25-24(21-9-7-19(13-29)8-10-21)32-27(23-14-31-17-34(23)25)36-16-20-6-5-11-33(3)15-20/h7-10,12,14,17,20H,2,5-6,11,15-16H2,1,3-4H3/b18-12+,26-22-/t20-/m1/s1. The molecular formula is C27H29FN6O2. The molecule has 9 heteroatoms. The molecule has 2 aromatic heterocycles. The third-order valence-electron chi connectivity index (χ3n) is 6.26. The Morgan fingerprint density at radius 3 is 2.81 bits per heavy atom. The van der Waals surface area contributed by atoms with Crippen LogP contribution < -0.4 is 4.74 Å². The van der Waals surface area contributed by atoms with Gasteiger partial charge in [-0.25, -0.2) is 19.4 Å². The van der Waals surface area contributed by atoms with E-state index in [-0.39, 0.29) is 5.88 Å². The molecule has 3 heterocycles. The number of hydrogen-bond donors (Lipinski definition) is 0. The normalized spacial score (nSPS) is 17.4. The average Bonchev–Trinajstić information content (AvgIpc) is 3.37. The third-order valence-corrected chi connectivity index (χ3v) is 6.26. The Hall–Kier alpha value is -4.03. The van der Waals surface area contributed by atoms with Crippen LogP contribution in [0.3, 0.4) is 0 Å². The van der Waals surface area contributed by atoms with Crippen LogP contribution in [0.25, 0.3) is 22.3 Å². The van der Waals surface area contributed by atoms with Gasteiger partial charge in [-0.05, 0) is 63.9 Å². The number of methoxy groups -OCH3 is 1. The monoisotopic (exact) mass is 488 g/mol. The molecule has 0 amide bonds. The molecule has 186 valence electrons. The SMILES string of the molecule is C=N/C(OC)=C(F)\C=C(/C)c1c(-c2ccc(C#N)cc2)nc(OC[C@@H]2CCCN(C)C2)c2cncn12. The van der Waals surface area contributed by atoms with E-state index in [0.29, 0.717) is 46.4 Å². The van der Waals surface area contributed by atoms with Gasteiger partial charge in [-0.3, -0.25) is 4.40 Å². The van der Waals surface area contributed by atoms with E-state index in [2.05, 4.69) is 34.7 Å². The fourth-order valence-corrected chi connectivity index (χ4v) is 4.51. The number of halogens is 1. The predicted octanol–water partition coefficient (Wildman–Crippen LogP) is 4.88. The quantitative estimate of drug-likeness (QED) is 0.255. The molecule has 1 atom stereocenters. The van der Waals surface area contributed by atoms with Gasteiger partial charge in [0.25, 0.3) is 0 Å². The summed E-state index contributed by atoms with van der Waals surface area (Å²) < 4.78 is 27.9. The van der Waals surface area contributed by atoms with Gasteiger partial charge in [-0.2, -0.15) is 5.26 Å². The topological polar surface area (TPSA) is 88.0 Å². The average molecular weight is 489 g/mol. The van der Waals surface area contributed by atoms with E-state index in [1.807, 2.05) is 16.5 Å². The van der Waals surface area contributed by atoms with E-state index >= 15 is 0 Å². The van der Waals surface area contributed by atoms with Gasteiger partial charge in [0.15, 0.2) is 5.83 Å². The van der Waals surface area contributed by atoms with E-state index in [0.717, 1.165) is 31.5 Å². The van der Waals surface area contributed by atoms with Crippen LogP contribution in [0.1, 0.15) is 31.0 Å². The number of hydrogen-bond acceptors (Lipinski definition) is 7. The van der Waals surface area contributed by atoms with Crippen LogP contribution >= 0.6 is 0 Å². The number of nitriles is 1. The number of imidazole rings is 1. The fraction of sp³-hybridized carbons (Fsp3) is 0.333. The zero-order valence-corrected chi connectivity index (χ0v) is 20.7. The van der Waals surface area contributed by atoms with E-state index < -0.39 is 5.83 Å². The second-order valence-corrected chi connectivity index (χ2v) is 8.88. The fourth-order valence-electron chi connectivity index (χ4n) is 4.51. The first-order valence-electron chi connectivity index (χ1n) is 11.7. The van der Waals surface area contributed by atoms with Gasteiger partial charge in [-0.15, -0.1) is 0 Å². The van der Waals surface area contributed by atoms with Crippen LogP contribution in [-0.2, 0) is 4.74 Å². The smallest absolute Gasteiger partial charge is 0.249 e. The summed E-state index contributed by atoms with van der Waals surface area (Å²) in [5.74, 6) is -0.00317. The largest absolute Gasteiger partial charge is 0.479 e. The lowest BCUT2D eigenvalue weighted by Gasteiger charge is -2.29. The molecule has 36 heavy (non-hydrogen) atoms. The Morgan fingerprint density at radius 2 is 2.14 bits per heavy atom. The van der Waals surface area contributed by atoms with Crippen molar-refractivity contribution >= 4 is 17.8 Å². The van der Waals surface area contributed by atoms with Crippen molar-refractivity contribution in [2.75, 3.05) is 33.9 Å². The number of piperidine rings is 1. The zero-order chi connectivity index (χ0) is 25.7. The number of nitrogens with zero attached hydrogens (tertiary/aromatic N) is 6. The Morgan fingerprint density at radius 1 is 1.36 bits per heavy atom. The van der Waals surface area contributed by atoms with Crippen molar-refractivity contribution in [2.45, 2.75) is 19.8 Å². The number of ether oxygens (including phenoxy) is 2. The summed E-state index contributed by atoms with van der Waals surface area (Å²) in [7, 11) is 3.46. The number of benzene rings is 1. The number of aliphatic imine (C=N–C) groups is 1. The summed E-state index contributed by atoms with van der Waals surface area (Å²) >= 11 is 0. The van der Waals surface area contributed by atoms with Crippen LogP contribution in [0.2, 0.25) is 0 Å². The van der Waals surface area contributed by atoms with Crippen molar-refractivity contribution in [3.05, 3.63) is 65.8 Å². The first kappa shape index (κ1) is 25.1. The van der Waals surface area contributed by atoms with E-state index in [4.69, 9.17) is 14.5 Å². The van der Waals surface area contributed by atoms with Crippen molar-refractivity contribution in [1.29, 1.82) is 5.26 Å². The lowest BCUT2D eigenvalue weighted by molar-refractivity contribution is 0.148. The predicted molar refractivity (Wildman–Crippen MR) is 137 cm³/mol. The van der Waals surface area contributed by atoms with Crippen molar-refractivity contribution < 1.29 is 13.9 Å². The second-order valence-electron chi connectivity index (χ2n) is 8.88. The van der Waals surface area contributed by atoms with Crippen molar-refractivity contribution in [3.63, 3.8) is 0 Å². The maximum absolute atomic E-state index is 14.8. The molecule has 1 aliphatic heterocycles. The Kier molecular flexibility index (Phi) is 7.76. The van der Waals surface area contributed by atoms with Crippen molar-refractivity contribution in [3.8, 4) is 23.2 Å². The van der Waals surface area contributed by atoms with Gasteiger partial charge >= 0.3 is 0 Å². The van der Waals surface area contributed by atoms with Gasteiger partial charge in [-0.1, -0.05) is 12.1 Å². The van der Waals surface area contributed by atoms with E-state index in [1.165, 1.54) is 13.2 Å². The van der Waals surface area contributed by atoms with Crippen LogP contribution in [0.4, 0.5) is 4.39 Å². The maximum atomic E-state index is 14.8. The molecule has 3 aromatic rings. The molecule has 0 saturated carbocycles. The summed E-state index contributed by atoms with van der Waals surface area (Å²) in [6.07, 6.45) is 6.92. The lowest BCUT2D eigenvalue weighted by Crippen LogP contribution is -2.34. The first-order chi connectivity index (χ1) is 17.4. The summed E-state index contributed by atoms with van der Waals surface area (Å²) in [5, 5.41) is 9.23. The van der Waals surface area contributed by atoms with Gasteiger partial charge in [0, 0.05) is 18.0 Å². The first-order valence-corrected chi connectivity index (χ1v) is 11.7. The highest BCUT2D eigenvalue weighted by Crippen LogP contribution is 2.34. The number of fused-ring (bicyclic) bond motifs is 1. The molecule has 0 radical (unpaired) electrons. The molecule has 0 spiro atoms. The number of rotatable bonds is 8. The van der Waals surface area contributed by atoms with Crippen LogP contribution in [-0.4, -0.2) is 59.8 Å². The molecule has 0 bridgehead atoms. The Balaban J connectivity index is 1.84. The molecule has 1 fully saturated rings. The second kappa shape index (κ2) is 11.1. The van der Waals surface area contributed by atoms with Crippen molar-refractivity contribution in [2.24, 2.45) is 10.9 Å². The van der Waals surface area contributed by atoms with E-state index in [1.54, 1.807) is 31.6 Å². The third kappa shape index (κ3) is 5.29. The van der Waals surface area contributed by atoms with Crippen LogP contribution in [0.5, 0.6) is 5.88 Å². The molecule has 0 aliphatic carbocycles. The molecule has 1 aliphatic rings. The molecule has 4 rings (SSSR count). The zero-order valence-electron chi connectivity index (χ0n) is 20.7. The maximum Gasteiger partial charge on any atom is 0.249 e. The number of likely N-dealkylation sites (tertiary alicyclic amines) is 1.